The van der Waals surface area contributed by atoms with E-state index in [1.807, 2.05) is 49.3 Å². The summed E-state index contributed by atoms with van der Waals surface area (Å²) < 4.78 is 0. The van der Waals surface area contributed by atoms with Crippen LogP contribution in [0.25, 0.3) is 0 Å². The number of aromatic nitrogens is 4. The van der Waals surface area contributed by atoms with Gasteiger partial charge in [0.2, 0.25) is 5.82 Å². The van der Waals surface area contributed by atoms with Crippen molar-refractivity contribution in [2.75, 3.05) is 18.4 Å². The SMILES string of the molecule is Cc1nc(C(=O)N2CCCC2c2ccccc2)nc(NCCc2cn[nH]c2)c1C. The van der Waals surface area contributed by atoms with Crippen LogP contribution in [0.5, 0.6) is 0 Å². The third kappa shape index (κ3) is 4.13. The highest BCUT2D eigenvalue weighted by molar-refractivity contribution is 5.91. The van der Waals surface area contributed by atoms with Crippen molar-refractivity contribution >= 4 is 11.7 Å². The summed E-state index contributed by atoms with van der Waals surface area (Å²) in [5.41, 5.74) is 4.08. The Kier molecular flexibility index (Phi) is 5.55. The Hall–Kier alpha value is -3.22. The zero-order chi connectivity index (χ0) is 20.2. The fourth-order valence-electron chi connectivity index (χ4n) is 3.80. The van der Waals surface area contributed by atoms with Crippen molar-refractivity contribution < 1.29 is 4.79 Å². The van der Waals surface area contributed by atoms with Crippen LogP contribution in [0, 0.1) is 13.8 Å². The topological polar surface area (TPSA) is 86.8 Å². The second-order valence-corrected chi connectivity index (χ2v) is 7.46. The average Bonchev–Trinajstić information content (AvgIpc) is 3.43. The summed E-state index contributed by atoms with van der Waals surface area (Å²) in [4.78, 5) is 24.3. The summed E-state index contributed by atoms with van der Waals surface area (Å²) in [6, 6.07) is 10.3. The molecule has 3 heterocycles. The van der Waals surface area contributed by atoms with Gasteiger partial charge in [-0.1, -0.05) is 30.3 Å². The number of hydrogen-bond acceptors (Lipinski definition) is 5. The Bertz CT molecular complexity index is 970. The number of H-pyrrole nitrogens is 1. The molecule has 1 fully saturated rings. The highest BCUT2D eigenvalue weighted by Crippen LogP contribution is 2.32. The number of amides is 1. The van der Waals surface area contributed by atoms with E-state index in [9.17, 15) is 4.79 Å². The Morgan fingerprint density at radius 3 is 2.83 bits per heavy atom. The first kappa shape index (κ1) is 19.1. The number of carbonyl (C=O) groups excluding carboxylic acids is 1. The van der Waals surface area contributed by atoms with Gasteiger partial charge in [-0.2, -0.15) is 5.10 Å². The number of nitrogens with zero attached hydrogens (tertiary/aromatic N) is 4. The average molecular weight is 390 g/mol. The maximum Gasteiger partial charge on any atom is 0.292 e. The molecule has 0 saturated carbocycles. The van der Waals surface area contributed by atoms with Crippen molar-refractivity contribution in [3.05, 3.63) is 70.9 Å². The van der Waals surface area contributed by atoms with Gasteiger partial charge in [0, 0.05) is 30.5 Å². The molecule has 1 aromatic carbocycles. The van der Waals surface area contributed by atoms with Gasteiger partial charge in [0.05, 0.1) is 12.2 Å². The molecule has 1 saturated heterocycles. The first-order valence-corrected chi connectivity index (χ1v) is 10.1. The van der Waals surface area contributed by atoms with E-state index in [0.717, 1.165) is 48.4 Å². The van der Waals surface area contributed by atoms with Crippen LogP contribution in [0.3, 0.4) is 0 Å². The maximum absolute atomic E-state index is 13.3. The molecule has 0 aliphatic carbocycles. The van der Waals surface area contributed by atoms with Gasteiger partial charge in [-0.3, -0.25) is 9.89 Å². The molecule has 2 aromatic heterocycles. The summed E-state index contributed by atoms with van der Waals surface area (Å²) in [6.07, 6.45) is 6.48. The first-order chi connectivity index (χ1) is 14.1. The maximum atomic E-state index is 13.3. The van der Waals surface area contributed by atoms with Crippen molar-refractivity contribution in [2.24, 2.45) is 0 Å². The lowest BCUT2D eigenvalue weighted by Crippen LogP contribution is -2.32. The number of likely N-dealkylation sites (tertiary alicyclic amines) is 1. The lowest BCUT2D eigenvalue weighted by molar-refractivity contribution is 0.0723. The molecule has 7 heteroatoms. The number of nitrogens with one attached hydrogen (secondary N) is 2. The monoisotopic (exact) mass is 390 g/mol. The van der Waals surface area contributed by atoms with E-state index in [4.69, 9.17) is 0 Å². The number of rotatable bonds is 6. The molecule has 4 rings (SSSR count). The second-order valence-electron chi connectivity index (χ2n) is 7.46. The first-order valence-electron chi connectivity index (χ1n) is 10.1. The molecule has 1 aliphatic rings. The van der Waals surface area contributed by atoms with Crippen LogP contribution in [0.2, 0.25) is 0 Å². The van der Waals surface area contributed by atoms with E-state index >= 15 is 0 Å². The minimum absolute atomic E-state index is 0.0893. The Balaban J connectivity index is 1.52. The number of anilines is 1. The van der Waals surface area contributed by atoms with Crippen LogP contribution in [-0.2, 0) is 6.42 Å². The molecule has 0 spiro atoms. The smallest absolute Gasteiger partial charge is 0.292 e. The van der Waals surface area contributed by atoms with Gasteiger partial charge in [0.25, 0.3) is 5.91 Å². The zero-order valence-electron chi connectivity index (χ0n) is 16.9. The quantitative estimate of drug-likeness (QED) is 0.673. The van der Waals surface area contributed by atoms with Crippen molar-refractivity contribution in [1.29, 1.82) is 0 Å². The van der Waals surface area contributed by atoms with Gasteiger partial charge in [0.1, 0.15) is 5.82 Å². The van der Waals surface area contributed by atoms with Gasteiger partial charge in [-0.25, -0.2) is 9.97 Å². The number of hydrogen-bond donors (Lipinski definition) is 2. The molecular formula is C22H26N6O. The highest BCUT2D eigenvalue weighted by Gasteiger charge is 2.32. The fourth-order valence-corrected chi connectivity index (χ4v) is 3.80. The molecule has 1 unspecified atom stereocenters. The molecule has 0 radical (unpaired) electrons. The number of aromatic amines is 1. The molecule has 29 heavy (non-hydrogen) atoms. The zero-order valence-corrected chi connectivity index (χ0v) is 16.9. The molecule has 150 valence electrons. The van der Waals surface area contributed by atoms with E-state index < -0.39 is 0 Å². The van der Waals surface area contributed by atoms with Crippen LogP contribution in [0.1, 0.15) is 51.9 Å². The van der Waals surface area contributed by atoms with Crippen LogP contribution in [0.15, 0.2) is 42.7 Å². The number of carbonyl (C=O) groups is 1. The molecule has 1 aliphatic heterocycles. The van der Waals surface area contributed by atoms with Gasteiger partial charge in [-0.05, 0) is 44.2 Å². The second kappa shape index (κ2) is 8.43. The van der Waals surface area contributed by atoms with Gasteiger partial charge < -0.3 is 10.2 Å². The van der Waals surface area contributed by atoms with Crippen molar-refractivity contribution in [3.8, 4) is 0 Å². The predicted octanol–water partition coefficient (Wildman–Crippen LogP) is 3.45. The third-order valence-electron chi connectivity index (χ3n) is 5.54. The highest BCUT2D eigenvalue weighted by atomic mass is 16.2. The van der Waals surface area contributed by atoms with E-state index in [1.54, 1.807) is 0 Å². The summed E-state index contributed by atoms with van der Waals surface area (Å²) in [5.74, 6) is 0.888. The minimum atomic E-state index is -0.0997. The Labute approximate surface area is 170 Å². The normalized spacial score (nSPS) is 16.2. The van der Waals surface area contributed by atoms with E-state index in [0.29, 0.717) is 6.54 Å². The Morgan fingerprint density at radius 1 is 1.24 bits per heavy atom. The van der Waals surface area contributed by atoms with Gasteiger partial charge in [-0.15, -0.1) is 0 Å². The standard InChI is InChI=1S/C22H26N6O/c1-15-16(2)26-21(27-20(15)23-11-10-17-13-24-25-14-17)22(29)28-12-6-9-19(28)18-7-4-3-5-8-18/h3-5,7-8,13-14,19H,6,9-12H2,1-2H3,(H,24,25)(H,23,26,27). The molecule has 1 amide bonds. The summed E-state index contributed by atoms with van der Waals surface area (Å²) in [5, 5.41) is 10.1. The number of benzene rings is 1. The summed E-state index contributed by atoms with van der Waals surface area (Å²) in [7, 11) is 0. The molecule has 0 bridgehead atoms. The molecular weight excluding hydrogens is 364 g/mol. The van der Waals surface area contributed by atoms with E-state index in [-0.39, 0.29) is 17.8 Å². The number of aryl methyl sites for hydroxylation is 1. The summed E-state index contributed by atoms with van der Waals surface area (Å²) >= 11 is 0. The predicted molar refractivity (Wildman–Crippen MR) is 112 cm³/mol. The van der Waals surface area contributed by atoms with Crippen LogP contribution in [0.4, 0.5) is 5.82 Å². The van der Waals surface area contributed by atoms with Crippen LogP contribution < -0.4 is 5.32 Å². The van der Waals surface area contributed by atoms with Crippen LogP contribution >= 0.6 is 0 Å². The largest absolute Gasteiger partial charge is 0.369 e. The van der Waals surface area contributed by atoms with Crippen molar-refractivity contribution in [1.82, 2.24) is 25.1 Å². The lowest BCUT2D eigenvalue weighted by Gasteiger charge is -2.25. The molecule has 1 atom stereocenters. The fraction of sp³-hybridized carbons (Fsp3) is 0.364. The molecule has 3 aromatic rings. The molecule has 2 N–H and O–H groups in total. The minimum Gasteiger partial charge on any atom is -0.369 e. The van der Waals surface area contributed by atoms with Crippen molar-refractivity contribution in [2.45, 2.75) is 39.2 Å². The van der Waals surface area contributed by atoms with Crippen molar-refractivity contribution in [3.63, 3.8) is 0 Å². The van der Waals surface area contributed by atoms with Gasteiger partial charge in [0.15, 0.2) is 0 Å². The molecule has 7 nitrogen and oxygen atoms in total. The third-order valence-corrected chi connectivity index (χ3v) is 5.54. The van der Waals surface area contributed by atoms with Gasteiger partial charge >= 0.3 is 0 Å². The summed E-state index contributed by atoms with van der Waals surface area (Å²) in [6.45, 7) is 5.35. The van der Waals surface area contributed by atoms with Crippen LogP contribution in [-0.4, -0.2) is 44.1 Å². The van der Waals surface area contributed by atoms with E-state index in [1.165, 1.54) is 5.56 Å². The Morgan fingerprint density at radius 2 is 2.07 bits per heavy atom. The lowest BCUT2D eigenvalue weighted by atomic mass is 10.0. The van der Waals surface area contributed by atoms with E-state index in [2.05, 4.69) is 37.6 Å².